The Labute approximate surface area is 268 Å². The summed E-state index contributed by atoms with van der Waals surface area (Å²) < 4.78 is 0. The largest absolute Gasteiger partial charge is 0.378 e. The maximum atomic E-state index is 13.4. The molecule has 234 valence electrons. The van der Waals surface area contributed by atoms with Crippen LogP contribution in [0, 0.1) is 0 Å². The molecule has 10 nitrogen and oxygen atoms in total. The van der Waals surface area contributed by atoms with Crippen LogP contribution in [0.5, 0.6) is 0 Å². The van der Waals surface area contributed by atoms with Crippen LogP contribution in [0.4, 0.5) is 38.9 Å². The Bertz CT molecular complexity index is 1790. The predicted octanol–water partition coefficient (Wildman–Crippen LogP) is 5.78. The molecule has 0 saturated carbocycles. The molecular formula is C36H37N7O3. The Kier molecular flexibility index (Phi) is 8.71. The SMILES string of the molecule is CN1CCN(c2ccc(NC=C3C(=O)Nc4cc(C(=O)c5cccc(NC(=O)Nc6ccc(N(C)C)cc6)c5)ccc43)cc2)CC1. The van der Waals surface area contributed by atoms with Gasteiger partial charge < -0.3 is 36.0 Å². The molecule has 2 aliphatic rings. The molecule has 6 rings (SSSR count). The molecule has 4 aromatic rings. The van der Waals surface area contributed by atoms with Crippen LogP contribution in [0.25, 0.3) is 5.57 Å². The van der Waals surface area contributed by atoms with E-state index in [9.17, 15) is 14.4 Å². The monoisotopic (exact) mass is 615 g/mol. The van der Waals surface area contributed by atoms with E-state index in [0.29, 0.717) is 39.3 Å². The number of nitrogens with zero attached hydrogens (tertiary/aromatic N) is 3. The van der Waals surface area contributed by atoms with Gasteiger partial charge in [0.05, 0.1) is 5.57 Å². The van der Waals surface area contributed by atoms with Gasteiger partial charge in [-0.25, -0.2) is 4.79 Å². The summed E-state index contributed by atoms with van der Waals surface area (Å²) in [6.07, 6.45) is 1.70. The van der Waals surface area contributed by atoms with Crippen molar-refractivity contribution in [3.8, 4) is 0 Å². The van der Waals surface area contributed by atoms with E-state index in [1.165, 1.54) is 5.69 Å². The molecule has 1 fully saturated rings. The lowest BCUT2D eigenvalue weighted by Crippen LogP contribution is -2.44. The summed E-state index contributed by atoms with van der Waals surface area (Å²) in [4.78, 5) is 45.5. The number of ketones is 1. The van der Waals surface area contributed by atoms with Crippen molar-refractivity contribution in [1.82, 2.24) is 4.90 Å². The van der Waals surface area contributed by atoms with Gasteiger partial charge in [-0.15, -0.1) is 0 Å². The van der Waals surface area contributed by atoms with Crippen molar-refractivity contribution >= 4 is 57.4 Å². The van der Waals surface area contributed by atoms with Crippen LogP contribution < -0.4 is 31.1 Å². The Morgan fingerprint density at radius 3 is 2.17 bits per heavy atom. The van der Waals surface area contributed by atoms with Gasteiger partial charge in [0.2, 0.25) is 0 Å². The first-order chi connectivity index (χ1) is 22.2. The first-order valence-electron chi connectivity index (χ1n) is 15.2. The average molecular weight is 616 g/mol. The number of hydrogen-bond donors (Lipinski definition) is 4. The van der Waals surface area contributed by atoms with Crippen molar-refractivity contribution in [2.45, 2.75) is 0 Å². The second kappa shape index (κ2) is 13.2. The van der Waals surface area contributed by atoms with E-state index in [1.54, 1.807) is 48.7 Å². The molecule has 1 saturated heterocycles. The molecule has 2 aliphatic heterocycles. The lowest BCUT2D eigenvalue weighted by molar-refractivity contribution is -0.110. The molecule has 0 radical (unpaired) electrons. The molecule has 0 aromatic heterocycles. The van der Waals surface area contributed by atoms with E-state index in [-0.39, 0.29) is 11.7 Å². The summed E-state index contributed by atoms with van der Waals surface area (Å²) in [5.41, 5.74) is 6.84. The van der Waals surface area contributed by atoms with Gasteiger partial charge in [0.1, 0.15) is 0 Å². The van der Waals surface area contributed by atoms with Crippen LogP contribution in [0.3, 0.4) is 0 Å². The van der Waals surface area contributed by atoms with E-state index >= 15 is 0 Å². The summed E-state index contributed by atoms with van der Waals surface area (Å²) in [6, 6.07) is 27.2. The molecule has 0 bridgehead atoms. The standard InChI is InChI=1S/C36H37N7O3/c1-41(2)29-12-10-27(11-13-29)38-36(46)39-28-6-4-5-24(21-28)34(44)25-7-16-31-32(35(45)40-33(31)22-25)23-37-26-8-14-30(15-9-26)43-19-17-42(3)18-20-43/h4-16,21-23,37H,17-20H2,1-3H3,(H,40,45)(H2,38,39,46). The van der Waals surface area contributed by atoms with E-state index in [0.717, 1.165) is 37.6 Å². The van der Waals surface area contributed by atoms with E-state index < -0.39 is 6.03 Å². The smallest absolute Gasteiger partial charge is 0.323 e. The Balaban J connectivity index is 1.10. The molecular weight excluding hydrogens is 578 g/mol. The fourth-order valence-corrected chi connectivity index (χ4v) is 5.51. The van der Waals surface area contributed by atoms with Gasteiger partial charge in [-0.1, -0.05) is 24.3 Å². The number of amides is 3. The summed E-state index contributed by atoms with van der Waals surface area (Å²) in [6.45, 7) is 4.09. The van der Waals surface area contributed by atoms with Gasteiger partial charge >= 0.3 is 6.03 Å². The van der Waals surface area contributed by atoms with Gasteiger partial charge in [-0.3, -0.25) is 9.59 Å². The van der Waals surface area contributed by atoms with Crippen molar-refractivity contribution in [2.75, 3.05) is 78.4 Å². The third kappa shape index (κ3) is 6.87. The van der Waals surface area contributed by atoms with E-state index in [4.69, 9.17) is 0 Å². The van der Waals surface area contributed by atoms with Crippen molar-refractivity contribution in [1.29, 1.82) is 0 Å². The quantitative estimate of drug-likeness (QED) is 0.147. The summed E-state index contributed by atoms with van der Waals surface area (Å²) in [5, 5.41) is 11.7. The van der Waals surface area contributed by atoms with Gasteiger partial charge in [0.15, 0.2) is 5.78 Å². The third-order valence-electron chi connectivity index (χ3n) is 8.21. The fourth-order valence-electron chi connectivity index (χ4n) is 5.51. The van der Waals surface area contributed by atoms with Crippen molar-refractivity contribution in [3.63, 3.8) is 0 Å². The normalized spacial score (nSPS) is 15.2. The number of urea groups is 1. The number of rotatable bonds is 8. The maximum Gasteiger partial charge on any atom is 0.323 e. The molecule has 0 unspecified atom stereocenters. The number of anilines is 6. The second-order valence-electron chi connectivity index (χ2n) is 11.7. The highest BCUT2D eigenvalue weighted by atomic mass is 16.2. The number of fused-ring (bicyclic) bond motifs is 1. The van der Waals surface area contributed by atoms with Gasteiger partial charge in [-0.05, 0) is 73.8 Å². The minimum Gasteiger partial charge on any atom is -0.378 e. The predicted molar refractivity (Wildman–Crippen MR) is 186 cm³/mol. The molecule has 3 amide bonds. The first kappa shape index (κ1) is 30.4. The molecule has 46 heavy (non-hydrogen) atoms. The number of carbonyl (C=O) groups excluding carboxylic acids is 3. The average Bonchev–Trinajstić information content (AvgIpc) is 3.38. The minimum absolute atomic E-state index is 0.226. The molecule has 0 spiro atoms. The Morgan fingerprint density at radius 1 is 0.783 bits per heavy atom. The first-order valence-corrected chi connectivity index (χ1v) is 15.2. The topological polar surface area (TPSA) is 109 Å². The van der Waals surface area contributed by atoms with E-state index in [1.807, 2.05) is 55.4 Å². The lowest BCUT2D eigenvalue weighted by atomic mass is 9.99. The zero-order valence-electron chi connectivity index (χ0n) is 26.1. The number of nitrogens with one attached hydrogen (secondary N) is 4. The van der Waals surface area contributed by atoms with Crippen LogP contribution in [0.2, 0.25) is 0 Å². The Hall–Kier alpha value is -5.61. The highest BCUT2D eigenvalue weighted by Gasteiger charge is 2.25. The van der Waals surface area contributed by atoms with Crippen LogP contribution in [-0.4, -0.2) is 69.9 Å². The zero-order chi connectivity index (χ0) is 32.2. The highest BCUT2D eigenvalue weighted by molar-refractivity contribution is 6.32. The van der Waals surface area contributed by atoms with Gasteiger partial charge in [0.25, 0.3) is 5.91 Å². The zero-order valence-corrected chi connectivity index (χ0v) is 26.1. The number of hydrogen-bond acceptors (Lipinski definition) is 7. The minimum atomic E-state index is -0.415. The van der Waals surface area contributed by atoms with Crippen LogP contribution in [0.15, 0.2) is 97.2 Å². The Morgan fingerprint density at radius 2 is 1.46 bits per heavy atom. The number of carbonyl (C=O) groups is 3. The molecule has 2 heterocycles. The van der Waals surface area contributed by atoms with Crippen LogP contribution in [-0.2, 0) is 4.79 Å². The van der Waals surface area contributed by atoms with Crippen molar-refractivity contribution in [2.24, 2.45) is 0 Å². The van der Waals surface area contributed by atoms with Crippen molar-refractivity contribution in [3.05, 3.63) is 114 Å². The molecule has 10 heteroatoms. The highest BCUT2D eigenvalue weighted by Crippen LogP contribution is 2.33. The summed E-state index contributed by atoms with van der Waals surface area (Å²) in [7, 11) is 6.04. The third-order valence-corrected chi connectivity index (χ3v) is 8.21. The second-order valence-corrected chi connectivity index (χ2v) is 11.7. The molecule has 0 aliphatic carbocycles. The summed E-state index contributed by atoms with van der Waals surface area (Å²) in [5.74, 6) is -0.467. The maximum absolute atomic E-state index is 13.4. The van der Waals surface area contributed by atoms with Crippen molar-refractivity contribution < 1.29 is 14.4 Å². The molecule has 0 atom stereocenters. The number of piperazine rings is 1. The molecule has 4 N–H and O–H groups in total. The summed E-state index contributed by atoms with van der Waals surface area (Å²) >= 11 is 0. The molecule has 4 aromatic carbocycles. The lowest BCUT2D eigenvalue weighted by Gasteiger charge is -2.34. The van der Waals surface area contributed by atoms with E-state index in [2.05, 4.69) is 50.2 Å². The fraction of sp³-hybridized carbons (Fsp3) is 0.194. The van der Waals surface area contributed by atoms with Gasteiger partial charge in [-0.2, -0.15) is 0 Å². The number of likely N-dealkylation sites (N-methyl/N-ethyl adjacent to an activating group) is 1. The van der Waals surface area contributed by atoms with Crippen LogP contribution >= 0.6 is 0 Å². The number of benzene rings is 4. The van der Waals surface area contributed by atoms with Crippen LogP contribution in [0.1, 0.15) is 21.5 Å². The van der Waals surface area contributed by atoms with Gasteiger partial charge in [0, 0.05) is 97.3 Å².